The Kier molecular flexibility index (Phi) is 6.45. The van der Waals surface area contributed by atoms with Crippen molar-refractivity contribution in [2.75, 3.05) is 19.3 Å². The second-order valence-corrected chi connectivity index (χ2v) is 8.89. The molecule has 2 fully saturated rings. The van der Waals surface area contributed by atoms with Crippen LogP contribution in [0.3, 0.4) is 0 Å². The minimum atomic E-state index is 0.332. The van der Waals surface area contributed by atoms with Crippen molar-refractivity contribution in [2.24, 2.45) is 4.99 Å². The number of ether oxygens (including phenoxy) is 1. The van der Waals surface area contributed by atoms with E-state index in [9.17, 15) is 0 Å². The molecule has 3 rings (SSSR count). The van der Waals surface area contributed by atoms with E-state index in [0.717, 1.165) is 36.8 Å². The zero-order valence-corrected chi connectivity index (χ0v) is 16.2. The molecule has 0 aromatic carbocycles. The molecule has 1 aliphatic heterocycles. The van der Waals surface area contributed by atoms with Gasteiger partial charge < -0.3 is 15.4 Å². The predicted molar refractivity (Wildman–Crippen MR) is 105 cm³/mol. The lowest BCUT2D eigenvalue weighted by atomic mass is 10.1. The number of hydrogen-bond acceptors (Lipinski definition) is 4. The number of hydrogen-bond donors (Lipinski definition) is 2. The van der Waals surface area contributed by atoms with E-state index in [0.29, 0.717) is 17.4 Å². The van der Waals surface area contributed by atoms with E-state index in [1.54, 1.807) is 0 Å². The van der Waals surface area contributed by atoms with E-state index in [-0.39, 0.29) is 0 Å². The summed E-state index contributed by atoms with van der Waals surface area (Å²) in [6, 6.07) is 4.05. The molecular weight excluding hydrogens is 332 g/mol. The maximum absolute atomic E-state index is 5.91. The molecule has 6 heteroatoms. The van der Waals surface area contributed by atoms with Crippen LogP contribution in [0, 0.1) is 0 Å². The Morgan fingerprint density at radius 3 is 2.80 bits per heavy atom. The Labute approximate surface area is 155 Å². The first-order valence-corrected chi connectivity index (χ1v) is 10.4. The number of rotatable bonds is 6. The van der Waals surface area contributed by atoms with E-state index in [4.69, 9.17) is 4.74 Å². The lowest BCUT2D eigenvalue weighted by Crippen LogP contribution is -2.43. The normalized spacial score (nSPS) is 24.5. The van der Waals surface area contributed by atoms with Gasteiger partial charge in [-0.05, 0) is 56.8 Å². The number of pyridine rings is 1. The summed E-state index contributed by atoms with van der Waals surface area (Å²) in [6.45, 7) is 3.99. The molecule has 2 heterocycles. The molecule has 138 valence electrons. The highest BCUT2D eigenvalue weighted by Gasteiger charge is 2.29. The van der Waals surface area contributed by atoms with Gasteiger partial charge in [0.05, 0.1) is 0 Å². The molecule has 1 aliphatic carbocycles. The van der Waals surface area contributed by atoms with Gasteiger partial charge in [0, 0.05) is 37.1 Å². The van der Waals surface area contributed by atoms with Gasteiger partial charge in [-0.2, -0.15) is 11.8 Å². The Balaban J connectivity index is 1.43. The molecular formula is C19H30N4OS. The van der Waals surface area contributed by atoms with E-state index in [2.05, 4.69) is 45.4 Å². The Bertz CT molecular complexity index is 563. The largest absolute Gasteiger partial charge is 0.474 e. The monoisotopic (exact) mass is 362 g/mol. The highest BCUT2D eigenvalue weighted by molar-refractivity contribution is 8.00. The molecule has 1 aromatic rings. The molecule has 1 atom stereocenters. The zero-order valence-electron chi connectivity index (χ0n) is 15.4. The van der Waals surface area contributed by atoms with Crippen molar-refractivity contribution < 1.29 is 4.74 Å². The lowest BCUT2D eigenvalue weighted by molar-refractivity contribution is 0.201. The SMILES string of the molecule is CN=C(NCc1ccc(OC2CCCC2)nc1)NCC1(C)CCCS1. The number of thioether (sulfide) groups is 1. The van der Waals surface area contributed by atoms with Crippen molar-refractivity contribution in [3.05, 3.63) is 23.9 Å². The van der Waals surface area contributed by atoms with Crippen molar-refractivity contribution in [3.8, 4) is 5.88 Å². The Hall–Kier alpha value is -1.43. The topological polar surface area (TPSA) is 58.5 Å². The first-order chi connectivity index (χ1) is 12.2. The van der Waals surface area contributed by atoms with Crippen LogP contribution in [0.25, 0.3) is 0 Å². The van der Waals surface area contributed by atoms with Crippen molar-refractivity contribution in [2.45, 2.75) is 62.8 Å². The summed E-state index contributed by atoms with van der Waals surface area (Å²) in [6.07, 6.45) is 9.69. The van der Waals surface area contributed by atoms with Crippen LogP contribution in [0.1, 0.15) is 51.0 Å². The summed E-state index contributed by atoms with van der Waals surface area (Å²) in [5.74, 6) is 2.86. The van der Waals surface area contributed by atoms with Crippen LogP contribution in [0.5, 0.6) is 5.88 Å². The summed E-state index contributed by atoms with van der Waals surface area (Å²) in [5.41, 5.74) is 1.13. The van der Waals surface area contributed by atoms with Gasteiger partial charge in [0.25, 0.3) is 0 Å². The maximum atomic E-state index is 5.91. The van der Waals surface area contributed by atoms with E-state index < -0.39 is 0 Å². The van der Waals surface area contributed by atoms with Gasteiger partial charge in [-0.25, -0.2) is 4.98 Å². The number of nitrogens with one attached hydrogen (secondary N) is 2. The fourth-order valence-corrected chi connectivity index (χ4v) is 4.66. The fourth-order valence-electron chi connectivity index (χ4n) is 3.42. The highest BCUT2D eigenvalue weighted by Crippen LogP contribution is 2.36. The van der Waals surface area contributed by atoms with Crippen LogP contribution in [0.15, 0.2) is 23.3 Å². The summed E-state index contributed by atoms with van der Waals surface area (Å²) < 4.78 is 6.25. The molecule has 0 spiro atoms. The molecule has 1 saturated heterocycles. The van der Waals surface area contributed by atoms with Crippen LogP contribution < -0.4 is 15.4 Å². The summed E-state index contributed by atoms with van der Waals surface area (Å²) in [5, 5.41) is 6.82. The van der Waals surface area contributed by atoms with Crippen molar-refractivity contribution in [3.63, 3.8) is 0 Å². The molecule has 1 saturated carbocycles. The highest BCUT2D eigenvalue weighted by atomic mass is 32.2. The first kappa shape index (κ1) is 18.4. The molecule has 25 heavy (non-hydrogen) atoms. The van der Waals surface area contributed by atoms with E-state index >= 15 is 0 Å². The number of guanidine groups is 1. The van der Waals surface area contributed by atoms with Crippen molar-refractivity contribution in [1.29, 1.82) is 0 Å². The second-order valence-electron chi connectivity index (χ2n) is 7.21. The zero-order chi connectivity index (χ0) is 17.5. The van der Waals surface area contributed by atoms with E-state index in [1.165, 1.54) is 31.4 Å². The van der Waals surface area contributed by atoms with Crippen LogP contribution in [0.4, 0.5) is 0 Å². The minimum Gasteiger partial charge on any atom is -0.474 e. The summed E-state index contributed by atoms with van der Waals surface area (Å²) >= 11 is 2.06. The number of aromatic nitrogens is 1. The molecule has 0 bridgehead atoms. The van der Waals surface area contributed by atoms with Gasteiger partial charge in [0.1, 0.15) is 6.10 Å². The molecule has 1 unspecified atom stereocenters. The molecule has 2 N–H and O–H groups in total. The fraction of sp³-hybridized carbons (Fsp3) is 0.684. The third-order valence-corrected chi connectivity index (χ3v) is 6.54. The third-order valence-electron chi connectivity index (χ3n) is 5.00. The van der Waals surface area contributed by atoms with Crippen molar-refractivity contribution >= 4 is 17.7 Å². The maximum Gasteiger partial charge on any atom is 0.213 e. The van der Waals surface area contributed by atoms with E-state index in [1.807, 2.05) is 19.3 Å². The summed E-state index contributed by atoms with van der Waals surface area (Å²) in [4.78, 5) is 8.76. The van der Waals surface area contributed by atoms with Crippen LogP contribution >= 0.6 is 11.8 Å². The van der Waals surface area contributed by atoms with Gasteiger partial charge in [-0.15, -0.1) is 0 Å². The molecule has 5 nitrogen and oxygen atoms in total. The average molecular weight is 363 g/mol. The smallest absolute Gasteiger partial charge is 0.213 e. The average Bonchev–Trinajstić information content (AvgIpc) is 3.29. The minimum absolute atomic E-state index is 0.332. The molecule has 2 aliphatic rings. The molecule has 0 radical (unpaired) electrons. The van der Waals surface area contributed by atoms with Gasteiger partial charge >= 0.3 is 0 Å². The first-order valence-electron chi connectivity index (χ1n) is 9.37. The van der Waals surface area contributed by atoms with Gasteiger partial charge in [0.15, 0.2) is 5.96 Å². The third kappa shape index (κ3) is 5.53. The van der Waals surface area contributed by atoms with Gasteiger partial charge in [-0.1, -0.05) is 6.07 Å². The van der Waals surface area contributed by atoms with Gasteiger partial charge in [0.2, 0.25) is 5.88 Å². The Morgan fingerprint density at radius 1 is 1.32 bits per heavy atom. The van der Waals surface area contributed by atoms with Crippen LogP contribution in [-0.4, -0.2) is 41.1 Å². The lowest BCUT2D eigenvalue weighted by Gasteiger charge is -2.24. The summed E-state index contributed by atoms with van der Waals surface area (Å²) in [7, 11) is 1.82. The molecule has 0 amide bonds. The second kappa shape index (κ2) is 8.79. The van der Waals surface area contributed by atoms with Crippen LogP contribution in [0.2, 0.25) is 0 Å². The van der Waals surface area contributed by atoms with Crippen LogP contribution in [-0.2, 0) is 6.54 Å². The van der Waals surface area contributed by atoms with Gasteiger partial charge in [-0.3, -0.25) is 4.99 Å². The quantitative estimate of drug-likeness (QED) is 0.600. The predicted octanol–water partition coefficient (Wildman–Crippen LogP) is 3.35. The number of aliphatic imine (C=N–C) groups is 1. The standard InChI is InChI=1S/C19H30N4OS/c1-19(10-5-11-25-19)14-23-18(20-2)22-13-15-8-9-17(21-12-15)24-16-6-3-4-7-16/h8-9,12,16H,3-7,10-11,13-14H2,1-2H3,(H2,20,22,23). The molecule has 1 aromatic heterocycles. The number of nitrogens with zero attached hydrogens (tertiary/aromatic N) is 2. The Morgan fingerprint density at radius 2 is 2.16 bits per heavy atom. The van der Waals surface area contributed by atoms with Crippen molar-refractivity contribution in [1.82, 2.24) is 15.6 Å².